The number of piperidine rings is 1. The number of hydrogen-bond donors (Lipinski definition) is 2. The van der Waals surface area contributed by atoms with Gasteiger partial charge < -0.3 is 14.7 Å². The highest BCUT2D eigenvalue weighted by atomic mass is 32.2. The lowest BCUT2D eigenvalue weighted by Crippen LogP contribution is -2.46. The van der Waals surface area contributed by atoms with Gasteiger partial charge >= 0.3 is 12.1 Å². The van der Waals surface area contributed by atoms with Gasteiger partial charge in [0.05, 0.1) is 11.7 Å². The molecule has 1 amide bonds. The molecule has 2 aromatic rings. The van der Waals surface area contributed by atoms with Crippen LogP contribution in [0, 0.1) is 5.92 Å². The summed E-state index contributed by atoms with van der Waals surface area (Å²) >= 11 is 0. The van der Waals surface area contributed by atoms with Gasteiger partial charge in [-0.05, 0) is 56.9 Å². The number of carbonyl (C=O) groups is 2. The summed E-state index contributed by atoms with van der Waals surface area (Å²) in [5.74, 6) is -2.20. The molecule has 8 nitrogen and oxygen atoms in total. The van der Waals surface area contributed by atoms with E-state index < -0.39 is 39.5 Å². The van der Waals surface area contributed by atoms with Gasteiger partial charge in [0.15, 0.2) is 0 Å². The molecule has 9 heteroatoms. The number of hydrogen-bond acceptors (Lipinski definition) is 5. The molecule has 0 spiro atoms. The summed E-state index contributed by atoms with van der Waals surface area (Å²) in [7, 11) is -3.61. The highest BCUT2D eigenvalue weighted by molar-refractivity contribution is 7.92. The quantitative estimate of drug-likeness (QED) is 0.607. The highest BCUT2D eigenvalue weighted by Crippen LogP contribution is 2.34. The number of carboxylic acid groups (broad SMARTS) is 1. The fraction of sp³-hybridized carbons (Fsp3) is 0.440. The van der Waals surface area contributed by atoms with Crippen LogP contribution in [0.15, 0.2) is 54.6 Å². The Morgan fingerprint density at radius 1 is 1.12 bits per heavy atom. The Balaban J connectivity index is 1.75. The first-order chi connectivity index (χ1) is 15.9. The number of benzene rings is 2. The minimum atomic E-state index is -3.61. The second-order valence-corrected chi connectivity index (χ2v) is 11.4. The Hall–Kier alpha value is -3.07. The molecule has 3 rings (SSSR count). The molecule has 1 aliphatic rings. The van der Waals surface area contributed by atoms with Crippen molar-refractivity contribution in [2.24, 2.45) is 5.92 Å². The first-order valence-electron chi connectivity index (χ1n) is 11.3. The van der Waals surface area contributed by atoms with Crippen LogP contribution in [0.4, 0.5) is 10.5 Å². The average Bonchev–Trinajstić information content (AvgIpc) is 2.77. The number of nitrogens with zero attached hydrogens (tertiary/aromatic N) is 1. The molecule has 1 saturated heterocycles. The molecule has 1 aliphatic heterocycles. The Morgan fingerprint density at radius 2 is 1.82 bits per heavy atom. The van der Waals surface area contributed by atoms with Gasteiger partial charge in [0, 0.05) is 24.7 Å². The Bertz CT molecular complexity index is 1110. The van der Waals surface area contributed by atoms with Crippen molar-refractivity contribution in [3.05, 3.63) is 65.7 Å². The van der Waals surface area contributed by atoms with Crippen LogP contribution in [0.25, 0.3) is 0 Å². The van der Waals surface area contributed by atoms with E-state index >= 15 is 0 Å². The molecule has 184 valence electrons. The third-order valence-corrected chi connectivity index (χ3v) is 6.96. The number of carboxylic acids is 1. The van der Waals surface area contributed by atoms with Gasteiger partial charge in [-0.25, -0.2) is 13.2 Å². The van der Waals surface area contributed by atoms with Crippen LogP contribution < -0.4 is 4.72 Å². The number of anilines is 1. The van der Waals surface area contributed by atoms with Gasteiger partial charge in [-0.2, -0.15) is 0 Å². The number of ether oxygens (including phenoxy) is 1. The fourth-order valence-corrected chi connectivity index (χ4v) is 5.13. The molecule has 0 saturated carbocycles. The minimum absolute atomic E-state index is 0.0746. The van der Waals surface area contributed by atoms with Crippen LogP contribution in [0.5, 0.6) is 0 Å². The largest absolute Gasteiger partial charge is 0.481 e. The number of sulfonamides is 1. The number of amides is 1. The highest BCUT2D eigenvalue weighted by Gasteiger charge is 2.38. The van der Waals surface area contributed by atoms with E-state index in [0.717, 1.165) is 5.56 Å². The molecule has 0 unspecified atom stereocenters. The van der Waals surface area contributed by atoms with Gasteiger partial charge in [-0.1, -0.05) is 42.5 Å². The number of carbonyl (C=O) groups excluding carboxylic acids is 1. The summed E-state index contributed by atoms with van der Waals surface area (Å²) in [4.78, 5) is 26.0. The van der Waals surface area contributed by atoms with Crippen molar-refractivity contribution >= 4 is 27.8 Å². The van der Waals surface area contributed by atoms with E-state index in [1.807, 2.05) is 30.3 Å². The van der Waals surface area contributed by atoms with Crippen LogP contribution in [-0.4, -0.2) is 54.9 Å². The van der Waals surface area contributed by atoms with Crippen LogP contribution in [0.2, 0.25) is 0 Å². The first kappa shape index (κ1) is 25.6. The summed E-state index contributed by atoms with van der Waals surface area (Å²) < 4.78 is 33.3. The second kappa shape index (κ2) is 10.5. The molecular formula is C25H32N2O6S. The van der Waals surface area contributed by atoms with Gasteiger partial charge in [-0.15, -0.1) is 0 Å². The maximum absolute atomic E-state index is 12.6. The lowest BCUT2D eigenvalue weighted by Gasteiger charge is -2.37. The topological polar surface area (TPSA) is 113 Å². The van der Waals surface area contributed by atoms with E-state index in [-0.39, 0.29) is 25.3 Å². The van der Waals surface area contributed by atoms with Crippen molar-refractivity contribution < 1.29 is 27.9 Å². The van der Waals surface area contributed by atoms with Crippen LogP contribution in [-0.2, 0) is 26.0 Å². The molecule has 2 aromatic carbocycles. The van der Waals surface area contributed by atoms with E-state index in [1.54, 1.807) is 45.0 Å². The first-order valence-corrected chi connectivity index (χ1v) is 12.9. The van der Waals surface area contributed by atoms with E-state index in [0.29, 0.717) is 17.7 Å². The average molecular weight is 489 g/mol. The van der Waals surface area contributed by atoms with E-state index in [2.05, 4.69) is 4.72 Å². The van der Waals surface area contributed by atoms with Crippen molar-refractivity contribution in [3.8, 4) is 0 Å². The maximum Gasteiger partial charge on any atom is 0.410 e. The molecule has 0 aliphatic carbocycles. The number of aryl methyl sites for hydroxylation is 1. The predicted molar refractivity (Wildman–Crippen MR) is 130 cm³/mol. The summed E-state index contributed by atoms with van der Waals surface area (Å²) in [5, 5.41) is 9.77. The van der Waals surface area contributed by atoms with Gasteiger partial charge in [0.1, 0.15) is 5.60 Å². The van der Waals surface area contributed by atoms with E-state index in [4.69, 9.17) is 4.74 Å². The van der Waals surface area contributed by atoms with Crippen molar-refractivity contribution in [3.63, 3.8) is 0 Å². The van der Waals surface area contributed by atoms with Gasteiger partial charge in [0.25, 0.3) is 0 Å². The van der Waals surface area contributed by atoms with E-state index in [1.165, 1.54) is 4.90 Å². The molecule has 0 aromatic heterocycles. The lowest BCUT2D eigenvalue weighted by atomic mass is 9.80. The summed E-state index contributed by atoms with van der Waals surface area (Å²) in [6, 6.07) is 16.1. The molecule has 0 radical (unpaired) electrons. The Labute approximate surface area is 201 Å². The van der Waals surface area contributed by atoms with Crippen molar-refractivity contribution in [2.45, 2.75) is 45.1 Å². The zero-order chi connectivity index (χ0) is 24.9. The number of aliphatic carboxylic acids is 1. The summed E-state index contributed by atoms with van der Waals surface area (Å²) in [6.07, 6.45) is 0.176. The predicted octanol–water partition coefficient (Wildman–Crippen LogP) is 4.10. The van der Waals surface area contributed by atoms with Gasteiger partial charge in [0.2, 0.25) is 10.0 Å². The smallest absolute Gasteiger partial charge is 0.410 e. The SMILES string of the molecule is CC(C)(C)OC(=O)N1CC[C@@H](C(=O)O)[C@H](c2cccc(NS(=O)(=O)CCc3ccccc3)c2)C1. The molecule has 2 atom stereocenters. The Kier molecular flexibility index (Phi) is 7.86. The lowest BCUT2D eigenvalue weighted by molar-refractivity contribution is -0.144. The monoisotopic (exact) mass is 488 g/mol. The number of nitrogens with one attached hydrogen (secondary N) is 1. The maximum atomic E-state index is 12.6. The Morgan fingerprint density at radius 3 is 2.47 bits per heavy atom. The third kappa shape index (κ3) is 7.21. The van der Waals surface area contributed by atoms with Crippen molar-refractivity contribution in [2.75, 3.05) is 23.6 Å². The standard InChI is InChI=1S/C25H32N2O6S/c1-25(2,3)33-24(30)27-14-12-21(23(28)29)22(17-27)19-10-7-11-20(16-19)26-34(31,32)15-13-18-8-5-4-6-9-18/h4-11,16,21-22,26H,12-15,17H2,1-3H3,(H,28,29)/t21-,22+/m1/s1. The van der Waals surface area contributed by atoms with Crippen molar-refractivity contribution in [1.29, 1.82) is 0 Å². The van der Waals surface area contributed by atoms with Crippen molar-refractivity contribution in [1.82, 2.24) is 4.90 Å². The zero-order valence-corrected chi connectivity index (χ0v) is 20.5. The minimum Gasteiger partial charge on any atom is -0.481 e. The molecule has 1 heterocycles. The summed E-state index contributed by atoms with van der Waals surface area (Å²) in [5.41, 5.74) is 1.29. The third-order valence-electron chi connectivity index (χ3n) is 5.67. The molecule has 0 bridgehead atoms. The number of rotatable bonds is 7. The zero-order valence-electron chi connectivity index (χ0n) is 19.7. The number of likely N-dealkylation sites (tertiary alicyclic amines) is 1. The molecule has 2 N–H and O–H groups in total. The molecular weight excluding hydrogens is 456 g/mol. The van der Waals surface area contributed by atoms with Crippen LogP contribution in [0.1, 0.15) is 44.2 Å². The molecule has 1 fully saturated rings. The fourth-order valence-electron chi connectivity index (χ4n) is 4.04. The normalized spacial score (nSPS) is 18.9. The summed E-state index contributed by atoms with van der Waals surface area (Å²) in [6.45, 7) is 5.80. The molecule has 34 heavy (non-hydrogen) atoms. The van der Waals surface area contributed by atoms with Crippen LogP contribution >= 0.6 is 0 Å². The van der Waals surface area contributed by atoms with Gasteiger partial charge in [-0.3, -0.25) is 9.52 Å². The van der Waals surface area contributed by atoms with E-state index in [9.17, 15) is 23.1 Å². The van der Waals surface area contributed by atoms with Crippen LogP contribution in [0.3, 0.4) is 0 Å². The second-order valence-electron chi connectivity index (χ2n) is 9.55.